The van der Waals surface area contributed by atoms with Crippen molar-refractivity contribution in [3.05, 3.63) is 42.1 Å². The van der Waals surface area contributed by atoms with Crippen molar-refractivity contribution in [2.45, 2.75) is 19.9 Å². The van der Waals surface area contributed by atoms with E-state index in [2.05, 4.69) is 14.5 Å². The highest BCUT2D eigenvalue weighted by Crippen LogP contribution is 2.29. The Morgan fingerprint density at radius 2 is 1.73 bits per heavy atom. The quantitative estimate of drug-likeness (QED) is 0.774. The van der Waals surface area contributed by atoms with Crippen molar-refractivity contribution in [3.8, 4) is 22.8 Å². The minimum Gasteiger partial charge on any atom is -0.417 e. The topological polar surface area (TPSA) is 31.4 Å². The third-order valence-electron chi connectivity index (χ3n) is 2.69. The van der Waals surface area contributed by atoms with Crippen molar-refractivity contribution in [2.75, 3.05) is 0 Å². The predicted molar refractivity (Wildman–Crippen MR) is 67.7 cm³/mol. The summed E-state index contributed by atoms with van der Waals surface area (Å²) in [7, 11) is 0. The van der Waals surface area contributed by atoms with Crippen molar-refractivity contribution in [3.63, 3.8) is 0 Å². The molecule has 22 heavy (non-hydrogen) atoms. The van der Waals surface area contributed by atoms with Crippen molar-refractivity contribution in [1.82, 2.24) is 4.98 Å². The van der Waals surface area contributed by atoms with Crippen LogP contribution in [0.3, 0.4) is 0 Å². The number of alkyl halides is 5. The SMILES string of the molecule is Cc1cc(OC(F)F)ncc1-c1ccc(OC(F)(F)F)cc1. The molecule has 118 valence electrons. The zero-order valence-corrected chi connectivity index (χ0v) is 11.2. The second-order valence-corrected chi connectivity index (χ2v) is 4.29. The number of benzene rings is 1. The number of halogens is 5. The first-order valence-corrected chi connectivity index (χ1v) is 6.02. The Labute approximate surface area is 122 Å². The average molecular weight is 319 g/mol. The number of hydrogen-bond donors (Lipinski definition) is 0. The van der Waals surface area contributed by atoms with E-state index < -0.39 is 13.0 Å². The third kappa shape index (κ3) is 4.31. The molecule has 0 atom stereocenters. The monoisotopic (exact) mass is 319 g/mol. The van der Waals surface area contributed by atoms with Crippen LogP contribution in [0.25, 0.3) is 11.1 Å². The summed E-state index contributed by atoms with van der Waals surface area (Å²) < 4.78 is 68.3. The van der Waals surface area contributed by atoms with Crippen LogP contribution >= 0.6 is 0 Å². The largest absolute Gasteiger partial charge is 0.573 e. The van der Waals surface area contributed by atoms with Gasteiger partial charge in [0.1, 0.15) is 5.75 Å². The minimum atomic E-state index is -4.76. The minimum absolute atomic E-state index is 0.228. The molecule has 8 heteroatoms. The molecule has 0 unspecified atom stereocenters. The number of ether oxygens (including phenoxy) is 2. The number of aryl methyl sites for hydroxylation is 1. The van der Waals surface area contributed by atoms with E-state index in [0.29, 0.717) is 16.7 Å². The fraction of sp³-hybridized carbons (Fsp3) is 0.214. The molecule has 0 saturated heterocycles. The molecular weight excluding hydrogens is 309 g/mol. The lowest BCUT2D eigenvalue weighted by atomic mass is 10.0. The second-order valence-electron chi connectivity index (χ2n) is 4.29. The number of hydrogen-bond acceptors (Lipinski definition) is 3. The first-order chi connectivity index (χ1) is 10.2. The van der Waals surface area contributed by atoms with Crippen molar-refractivity contribution in [2.24, 2.45) is 0 Å². The van der Waals surface area contributed by atoms with Crippen LogP contribution in [0.5, 0.6) is 11.6 Å². The second kappa shape index (κ2) is 6.17. The highest BCUT2D eigenvalue weighted by molar-refractivity contribution is 5.67. The summed E-state index contributed by atoms with van der Waals surface area (Å²) in [6.45, 7) is -1.33. The van der Waals surface area contributed by atoms with Crippen molar-refractivity contribution >= 4 is 0 Å². The predicted octanol–water partition coefficient (Wildman–Crippen LogP) is 4.56. The van der Waals surface area contributed by atoms with Crippen LogP contribution in [0.4, 0.5) is 22.0 Å². The van der Waals surface area contributed by atoms with Gasteiger partial charge >= 0.3 is 13.0 Å². The number of nitrogens with zero attached hydrogens (tertiary/aromatic N) is 1. The van der Waals surface area contributed by atoms with E-state index in [-0.39, 0.29) is 11.6 Å². The molecule has 1 aromatic heterocycles. The van der Waals surface area contributed by atoms with Gasteiger partial charge in [-0.1, -0.05) is 12.1 Å². The molecule has 0 saturated carbocycles. The Balaban J connectivity index is 2.21. The molecule has 1 aromatic carbocycles. The third-order valence-corrected chi connectivity index (χ3v) is 2.69. The maximum atomic E-state index is 12.1. The van der Waals surface area contributed by atoms with Gasteiger partial charge in [0.15, 0.2) is 0 Å². The molecule has 0 fully saturated rings. The van der Waals surface area contributed by atoms with E-state index in [1.54, 1.807) is 6.92 Å². The number of pyridine rings is 1. The Morgan fingerprint density at radius 3 is 2.23 bits per heavy atom. The number of rotatable bonds is 4. The van der Waals surface area contributed by atoms with Crippen LogP contribution in [0.15, 0.2) is 36.5 Å². The van der Waals surface area contributed by atoms with Gasteiger partial charge in [-0.3, -0.25) is 0 Å². The van der Waals surface area contributed by atoms with Gasteiger partial charge in [0.25, 0.3) is 0 Å². The summed E-state index contributed by atoms with van der Waals surface area (Å²) >= 11 is 0. The zero-order valence-electron chi connectivity index (χ0n) is 11.2. The van der Waals surface area contributed by atoms with Gasteiger partial charge in [0.05, 0.1) is 0 Å². The maximum absolute atomic E-state index is 12.1. The van der Waals surface area contributed by atoms with Crippen molar-refractivity contribution in [1.29, 1.82) is 0 Å². The van der Waals surface area contributed by atoms with Crippen LogP contribution in [0.1, 0.15) is 5.56 Å². The van der Waals surface area contributed by atoms with Crippen LogP contribution in [-0.4, -0.2) is 18.0 Å². The smallest absolute Gasteiger partial charge is 0.417 e. The average Bonchev–Trinajstić information content (AvgIpc) is 2.37. The van der Waals surface area contributed by atoms with E-state index in [0.717, 1.165) is 12.1 Å². The Hall–Kier alpha value is -2.38. The first-order valence-electron chi connectivity index (χ1n) is 6.02. The van der Waals surface area contributed by atoms with Crippen LogP contribution in [0.2, 0.25) is 0 Å². The Bertz CT molecular complexity index is 641. The molecule has 0 aliphatic rings. The van der Waals surface area contributed by atoms with E-state index in [1.165, 1.54) is 24.4 Å². The highest BCUT2D eigenvalue weighted by Gasteiger charge is 2.30. The molecule has 2 aromatic rings. The Kier molecular flexibility index (Phi) is 4.48. The standard InChI is InChI=1S/C14H10F5NO2/c1-8-6-12(21-13(15)16)20-7-11(8)9-2-4-10(5-3-9)22-14(17,18)19/h2-7,13H,1H3. The van der Waals surface area contributed by atoms with Gasteiger partial charge in [0, 0.05) is 17.8 Å². The van der Waals surface area contributed by atoms with E-state index in [4.69, 9.17) is 0 Å². The van der Waals surface area contributed by atoms with Gasteiger partial charge in [0.2, 0.25) is 5.88 Å². The van der Waals surface area contributed by atoms with Gasteiger partial charge in [-0.2, -0.15) is 8.78 Å². The molecule has 0 spiro atoms. The van der Waals surface area contributed by atoms with Gasteiger partial charge < -0.3 is 9.47 Å². The molecule has 0 aliphatic carbocycles. The first kappa shape index (κ1) is 16.0. The van der Waals surface area contributed by atoms with Gasteiger partial charge in [-0.15, -0.1) is 13.2 Å². The molecule has 0 amide bonds. The van der Waals surface area contributed by atoms with E-state index in [9.17, 15) is 22.0 Å². The lowest BCUT2D eigenvalue weighted by Crippen LogP contribution is -2.16. The molecule has 3 nitrogen and oxygen atoms in total. The highest BCUT2D eigenvalue weighted by atomic mass is 19.4. The molecule has 0 bridgehead atoms. The van der Waals surface area contributed by atoms with Crippen molar-refractivity contribution < 1.29 is 31.4 Å². The summed E-state index contributed by atoms with van der Waals surface area (Å²) in [5.74, 6) is -0.576. The lowest BCUT2D eigenvalue weighted by Gasteiger charge is -2.11. The summed E-state index contributed by atoms with van der Waals surface area (Å²) in [4.78, 5) is 3.72. The normalized spacial score (nSPS) is 11.6. The van der Waals surface area contributed by atoms with Crippen LogP contribution < -0.4 is 9.47 Å². The van der Waals surface area contributed by atoms with Gasteiger partial charge in [-0.25, -0.2) is 4.98 Å². The Morgan fingerprint density at radius 1 is 1.09 bits per heavy atom. The van der Waals surface area contributed by atoms with Crippen LogP contribution in [0, 0.1) is 6.92 Å². The van der Waals surface area contributed by atoms with E-state index in [1.807, 2.05) is 0 Å². The summed E-state index contributed by atoms with van der Waals surface area (Å²) in [5, 5.41) is 0. The molecule has 2 rings (SSSR count). The summed E-state index contributed by atoms with van der Waals surface area (Å²) in [6.07, 6.45) is -3.44. The lowest BCUT2D eigenvalue weighted by molar-refractivity contribution is -0.274. The summed E-state index contributed by atoms with van der Waals surface area (Å²) in [6, 6.07) is 6.47. The zero-order chi connectivity index (χ0) is 16.3. The molecular formula is C14H10F5NO2. The molecule has 1 heterocycles. The fourth-order valence-electron chi connectivity index (χ4n) is 1.82. The van der Waals surface area contributed by atoms with Crippen LogP contribution in [-0.2, 0) is 0 Å². The molecule has 0 aliphatic heterocycles. The fourth-order valence-corrected chi connectivity index (χ4v) is 1.82. The van der Waals surface area contributed by atoms with Gasteiger partial charge in [-0.05, 0) is 30.2 Å². The molecule has 0 radical (unpaired) electrons. The van der Waals surface area contributed by atoms with E-state index >= 15 is 0 Å². The summed E-state index contributed by atoms with van der Waals surface area (Å²) in [5.41, 5.74) is 1.75. The molecule has 0 N–H and O–H groups in total. The maximum Gasteiger partial charge on any atom is 0.573 e. The number of aromatic nitrogens is 1.